The van der Waals surface area contributed by atoms with E-state index < -0.39 is 0 Å². The van der Waals surface area contributed by atoms with Gasteiger partial charge in [0, 0.05) is 12.4 Å². The molecule has 0 fully saturated rings. The van der Waals surface area contributed by atoms with Gasteiger partial charge in [0.25, 0.3) is 0 Å². The standard InChI is InChI=1S/C6H6FN/c7-6-2-1-4-8-5-3-6/h1-5,8H. The highest BCUT2D eigenvalue weighted by Crippen LogP contribution is 1.99. The summed E-state index contributed by atoms with van der Waals surface area (Å²) in [7, 11) is 0. The lowest BCUT2D eigenvalue weighted by atomic mass is 10.4. The molecule has 1 rings (SSSR count). The predicted molar refractivity (Wildman–Crippen MR) is 30.6 cm³/mol. The molecule has 1 N–H and O–H groups in total. The summed E-state index contributed by atoms with van der Waals surface area (Å²) >= 11 is 0. The molecule has 2 heteroatoms. The van der Waals surface area contributed by atoms with Crippen LogP contribution in [0.15, 0.2) is 36.5 Å². The molecule has 42 valence electrons. The third-order valence-corrected chi connectivity index (χ3v) is 0.787. The molecule has 0 unspecified atom stereocenters. The minimum Gasteiger partial charge on any atom is -0.368 e. The summed E-state index contributed by atoms with van der Waals surface area (Å²) in [4.78, 5) is 0. The molecule has 0 aliphatic carbocycles. The third-order valence-electron chi connectivity index (χ3n) is 0.787. The number of rotatable bonds is 0. The van der Waals surface area contributed by atoms with Gasteiger partial charge in [-0.15, -0.1) is 0 Å². The lowest BCUT2D eigenvalue weighted by molar-refractivity contribution is 0.667. The highest BCUT2D eigenvalue weighted by Gasteiger charge is 1.83. The zero-order valence-electron chi connectivity index (χ0n) is 4.26. The zero-order chi connectivity index (χ0) is 5.82. The molecule has 0 radical (unpaired) electrons. The summed E-state index contributed by atoms with van der Waals surface area (Å²) in [5.41, 5.74) is 0. The van der Waals surface area contributed by atoms with Crippen LogP contribution < -0.4 is 5.32 Å². The van der Waals surface area contributed by atoms with E-state index in [0.717, 1.165) is 0 Å². The smallest absolute Gasteiger partial charge is 0.124 e. The fraction of sp³-hybridized carbons (Fsp3) is 0. The van der Waals surface area contributed by atoms with Crippen molar-refractivity contribution in [3.8, 4) is 0 Å². The average molecular weight is 111 g/mol. The Bertz CT molecular complexity index is 156. The fourth-order valence-electron chi connectivity index (χ4n) is 0.434. The Labute approximate surface area is 47.2 Å². The minimum absolute atomic E-state index is 0.230. The first-order chi connectivity index (χ1) is 3.89. The zero-order valence-corrected chi connectivity index (χ0v) is 4.26. The number of halogens is 1. The number of nitrogens with one attached hydrogen (secondary N) is 1. The van der Waals surface area contributed by atoms with E-state index in [1.807, 2.05) is 0 Å². The van der Waals surface area contributed by atoms with Crippen LogP contribution in [0.1, 0.15) is 0 Å². The molecule has 0 spiro atoms. The quantitative estimate of drug-likeness (QED) is 0.499. The SMILES string of the molecule is FC1=CC=CNC=C1. The van der Waals surface area contributed by atoms with Crippen LogP contribution in [0.5, 0.6) is 0 Å². The highest BCUT2D eigenvalue weighted by atomic mass is 19.1. The number of allylic oxidation sites excluding steroid dienone is 4. The molecule has 0 atom stereocenters. The molecule has 0 amide bonds. The Balaban J connectivity index is 2.73. The van der Waals surface area contributed by atoms with E-state index in [2.05, 4.69) is 5.32 Å². The van der Waals surface area contributed by atoms with Gasteiger partial charge in [0.2, 0.25) is 0 Å². The van der Waals surface area contributed by atoms with Crippen molar-refractivity contribution in [3.05, 3.63) is 36.5 Å². The molecule has 1 nitrogen and oxygen atoms in total. The summed E-state index contributed by atoms with van der Waals surface area (Å²) < 4.78 is 12.1. The average Bonchev–Trinajstić information content (AvgIpc) is 1.94. The van der Waals surface area contributed by atoms with E-state index in [1.54, 1.807) is 12.3 Å². The molecule has 1 aliphatic rings. The van der Waals surface area contributed by atoms with Gasteiger partial charge in [0.05, 0.1) is 0 Å². The molecule has 0 bridgehead atoms. The first-order valence-corrected chi connectivity index (χ1v) is 2.34. The Morgan fingerprint density at radius 3 is 3.12 bits per heavy atom. The van der Waals surface area contributed by atoms with Gasteiger partial charge in [-0.2, -0.15) is 0 Å². The third kappa shape index (κ3) is 1.22. The van der Waals surface area contributed by atoms with Gasteiger partial charge in [-0.05, 0) is 18.2 Å². The van der Waals surface area contributed by atoms with Crippen LogP contribution >= 0.6 is 0 Å². The van der Waals surface area contributed by atoms with Crippen LogP contribution in [0, 0.1) is 0 Å². The Hall–Kier alpha value is -1.05. The second-order valence-corrected chi connectivity index (χ2v) is 1.41. The summed E-state index contributed by atoms with van der Waals surface area (Å²) in [6.45, 7) is 0. The van der Waals surface area contributed by atoms with Crippen molar-refractivity contribution in [3.63, 3.8) is 0 Å². The lowest BCUT2D eigenvalue weighted by Crippen LogP contribution is -1.87. The largest absolute Gasteiger partial charge is 0.368 e. The molecule has 0 aromatic rings. The molecule has 0 aromatic heterocycles. The maximum Gasteiger partial charge on any atom is 0.124 e. The van der Waals surface area contributed by atoms with E-state index in [0.29, 0.717) is 0 Å². The van der Waals surface area contributed by atoms with Crippen molar-refractivity contribution >= 4 is 0 Å². The van der Waals surface area contributed by atoms with Crippen molar-refractivity contribution in [2.75, 3.05) is 0 Å². The van der Waals surface area contributed by atoms with E-state index in [1.165, 1.54) is 18.4 Å². The second kappa shape index (κ2) is 2.31. The molecular formula is C6H6FN. The van der Waals surface area contributed by atoms with Crippen LogP contribution in [-0.4, -0.2) is 0 Å². The normalized spacial score (nSPS) is 16.9. The van der Waals surface area contributed by atoms with Gasteiger partial charge >= 0.3 is 0 Å². The van der Waals surface area contributed by atoms with E-state index in [-0.39, 0.29) is 5.83 Å². The van der Waals surface area contributed by atoms with Crippen molar-refractivity contribution in [1.82, 2.24) is 5.32 Å². The molecule has 0 saturated carbocycles. The van der Waals surface area contributed by atoms with Crippen LogP contribution in [0.4, 0.5) is 4.39 Å². The van der Waals surface area contributed by atoms with Crippen LogP contribution in [0.3, 0.4) is 0 Å². The van der Waals surface area contributed by atoms with Crippen LogP contribution in [-0.2, 0) is 0 Å². The fourth-order valence-corrected chi connectivity index (χ4v) is 0.434. The maximum absolute atomic E-state index is 12.1. The van der Waals surface area contributed by atoms with Crippen molar-refractivity contribution in [1.29, 1.82) is 0 Å². The Morgan fingerprint density at radius 2 is 2.25 bits per heavy atom. The van der Waals surface area contributed by atoms with Gasteiger partial charge in [-0.25, -0.2) is 4.39 Å². The van der Waals surface area contributed by atoms with E-state index >= 15 is 0 Å². The second-order valence-electron chi connectivity index (χ2n) is 1.41. The molecule has 0 saturated heterocycles. The highest BCUT2D eigenvalue weighted by molar-refractivity contribution is 5.20. The Kier molecular flexibility index (Phi) is 1.47. The number of hydrogen-bond acceptors (Lipinski definition) is 1. The topological polar surface area (TPSA) is 12.0 Å². The van der Waals surface area contributed by atoms with Crippen molar-refractivity contribution in [2.45, 2.75) is 0 Å². The lowest BCUT2D eigenvalue weighted by Gasteiger charge is -1.80. The molecule has 1 aliphatic heterocycles. The van der Waals surface area contributed by atoms with Gasteiger partial charge < -0.3 is 5.32 Å². The minimum atomic E-state index is -0.230. The summed E-state index contributed by atoms with van der Waals surface area (Å²) in [6, 6.07) is 0. The monoisotopic (exact) mass is 111 g/mol. The van der Waals surface area contributed by atoms with Gasteiger partial charge in [0.1, 0.15) is 5.83 Å². The van der Waals surface area contributed by atoms with Crippen LogP contribution in [0.2, 0.25) is 0 Å². The summed E-state index contributed by atoms with van der Waals surface area (Å²) in [5, 5.41) is 2.72. The van der Waals surface area contributed by atoms with Crippen molar-refractivity contribution in [2.24, 2.45) is 0 Å². The summed E-state index contributed by atoms with van der Waals surface area (Å²) in [6.07, 6.45) is 7.55. The maximum atomic E-state index is 12.1. The molecule has 8 heavy (non-hydrogen) atoms. The van der Waals surface area contributed by atoms with Gasteiger partial charge in [-0.1, -0.05) is 0 Å². The van der Waals surface area contributed by atoms with Gasteiger partial charge in [0.15, 0.2) is 0 Å². The van der Waals surface area contributed by atoms with Gasteiger partial charge in [-0.3, -0.25) is 0 Å². The van der Waals surface area contributed by atoms with E-state index in [9.17, 15) is 4.39 Å². The predicted octanol–water partition coefficient (Wildman–Crippen LogP) is 1.47. The summed E-state index contributed by atoms with van der Waals surface area (Å²) in [5.74, 6) is -0.230. The first-order valence-electron chi connectivity index (χ1n) is 2.34. The molecular weight excluding hydrogens is 105 g/mol. The Morgan fingerprint density at radius 1 is 1.38 bits per heavy atom. The van der Waals surface area contributed by atoms with E-state index in [4.69, 9.17) is 0 Å². The molecule has 0 aromatic carbocycles. The van der Waals surface area contributed by atoms with Crippen LogP contribution in [0.25, 0.3) is 0 Å². The van der Waals surface area contributed by atoms with Crippen molar-refractivity contribution < 1.29 is 4.39 Å². The molecule has 1 heterocycles. The first kappa shape index (κ1) is 5.09. The number of hydrogen-bond donors (Lipinski definition) is 1.